The molecule has 0 saturated heterocycles. The first-order valence-electron chi connectivity index (χ1n) is 1.39. The van der Waals surface area contributed by atoms with E-state index >= 15 is 0 Å². The maximum atomic E-state index is 9.43. The molecule has 0 aromatic carbocycles. The predicted octanol–water partition coefficient (Wildman–Crippen LogP) is -2.04. The minimum absolute atomic E-state index is 0. The normalized spacial score (nSPS) is 4.86. The molecule has 0 aliphatic carbocycles. The zero-order valence-electron chi connectivity index (χ0n) is 3.93. The van der Waals surface area contributed by atoms with Crippen LogP contribution in [0, 0.1) is 0 Å². The number of carbonyl (C=O) groups excluding carboxylic acids is 1. The molecule has 0 heterocycles. The van der Waals surface area contributed by atoms with E-state index in [1.54, 1.807) is 14.1 Å². The Morgan fingerprint density at radius 1 is 1.43 bits per heavy atom. The van der Waals surface area contributed by atoms with E-state index in [2.05, 4.69) is 0 Å². The first-order valence-corrected chi connectivity index (χ1v) is 1.39. The van der Waals surface area contributed by atoms with Gasteiger partial charge in [-0.25, -0.2) is 0 Å². The molecule has 4 heteroatoms. The molecule has 0 saturated carbocycles. The second kappa shape index (κ2) is 10.1. The van der Waals surface area contributed by atoms with Crippen molar-refractivity contribution in [1.82, 2.24) is 4.90 Å². The van der Waals surface area contributed by atoms with Crippen LogP contribution >= 0.6 is 0 Å². The van der Waals surface area contributed by atoms with Crippen molar-refractivity contribution in [2.24, 2.45) is 0 Å². The van der Waals surface area contributed by atoms with E-state index in [9.17, 15) is 4.79 Å². The Bertz CT molecular complexity index is 39.9. The van der Waals surface area contributed by atoms with Crippen LogP contribution in [0.5, 0.6) is 0 Å². The van der Waals surface area contributed by atoms with Gasteiger partial charge in [-0.15, -0.1) is 0 Å². The van der Waals surface area contributed by atoms with Crippen molar-refractivity contribution in [2.45, 2.75) is 0 Å². The van der Waals surface area contributed by atoms with Gasteiger partial charge in [0.05, 0.1) is 0 Å². The second-order valence-corrected chi connectivity index (χ2v) is 1.07. The third-order valence-electron chi connectivity index (χ3n) is 0.211. The maximum absolute atomic E-state index is 9.43. The van der Waals surface area contributed by atoms with Crippen LogP contribution in [-0.4, -0.2) is 79.8 Å². The van der Waals surface area contributed by atoms with Crippen LogP contribution in [0.3, 0.4) is 0 Å². The van der Waals surface area contributed by atoms with E-state index in [-0.39, 0.29) is 54.4 Å². The summed E-state index contributed by atoms with van der Waals surface area (Å²) in [6.45, 7) is 0. The molecule has 1 amide bonds. The summed E-state index contributed by atoms with van der Waals surface area (Å²) in [7, 11) is 3.38. The van der Waals surface area contributed by atoms with Crippen molar-refractivity contribution in [3.63, 3.8) is 0 Å². The molecule has 0 radical (unpaired) electrons. The fraction of sp³-hybridized carbons (Fsp3) is 0.667. The standard InChI is InChI=1S/C3H7NO.Ba.H2O.2H/c1-4(2)3-5;;;;/h3H,1-2H3;;1H2;;. The van der Waals surface area contributed by atoms with Gasteiger partial charge in [0, 0.05) is 14.1 Å². The van der Waals surface area contributed by atoms with Gasteiger partial charge >= 0.3 is 48.9 Å². The monoisotopic (exact) mass is 231 g/mol. The second-order valence-electron chi connectivity index (χ2n) is 1.07. The molecule has 42 valence electrons. The van der Waals surface area contributed by atoms with Gasteiger partial charge in [-0.05, 0) is 0 Å². The molecule has 0 atom stereocenters. The third kappa shape index (κ3) is 19.4. The van der Waals surface area contributed by atoms with E-state index in [0.29, 0.717) is 0 Å². The number of hydrogen-bond donors (Lipinski definition) is 0. The van der Waals surface area contributed by atoms with E-state index in [0.717, 1.165) is 6.41 Å². The molecular weight excluding hydrogens is 219 g/mol. The van der Waals surface area contributed by atoms with Crippen LogP contribution < -0.4 is 0 Å². The van der Waals surface area contributed by atoms with Crippen molar-refractivity contribution in [1.29, 1.82) is 0 Å². The number of rotatable bonds is 1. The van der Waals surface area contributed by atoms with Crippen molar-refractivity contribution in [3.05, 3.63) is 0 Å². The minimum atomic E-state index is 0. The van der Waals surface area contributed by atoms with E-state index < -0.39 is 0 Å². The van der Waals surface area contributed by atoms with Gasteiger partial charge in [-0.2, -0.15) is 0 Å². The molecule has 0 aliphatic heterocycles. The van der Waals surface area contributed by atoms with Crippen LogP contribution in [0.2, 0.25) is 0 Å². The summed E-state index contributed by atoms with van der Waals surface area (Å²) < 4.78 is 0. The predicted molar refractivity (Wildman–Crippen MR) is 31.9 cm³/mol. The zero-order valence-corrected chi connectivity index (χ0v) is 3.93. The van der Waals surface area contributed by atoms with Crippen molar-refractivity contribution >= 4 is 55.3 Å². The van der Waals surface area contributed by atoms with Crippen LogP contribution in [0.1, 0.15) is 0 Å². The number of carbonyl (C=O) groups is 1. The number of nitrogens with zero attached hydrogens (tertiary/aromatic N) is 1. The SMILES string of the molecule is CN(C)C=O.O.[BaH2]. The molecule has 0 aromatic heterocycles. The fourth-order valence-corrected chi connectivity index (χ4v) is 0. The van der Waals surface area contributed by atoms with Gasteiger partial charge in [0.2, 0.25) is 6.41 Å². The quantitative estimate of drug-likeness (QED) is 0.378. The third-order valence-corrected chi connectivity index (χ3v) is 0.211. The van der Waals surface area contributed by atoms with Crippen molar-refractivity contribution in [3.8, 4) is 0 Å². The summed E-state index contributed by atoms with van der Waals surface area (Å²) in [6.07, 6.45) is 0.750. The first-order chi connectivity index (χ1) is 2.27. The molecular formula is C3H11BaNO2. The molecule has 2 N–H and O–H groups in total. The van der Waals surface area contributed by atoms with Crippen LogP contribution in [0.25, 0.3) is 0 Å². The molecule has 7 heavy (non-hydrogen) atoms. The van der Waals surface area contributed by atoms with Crippen LogP contribution in [0.4, 0.5) is 0 Å². The van der Waals surface area contributed by atoms with Gasteiger partial charge in [0.15, 0.2) is 0 Å². The topological polar surface area (TPSA) is 51.8 Å². The Hall–Kier alpha value is 1.00. The summed E-state index contributed by atoms with van der Waals surface area (Å²) in [5.74, 6) is 0. The average Bonchev–Trinajstić information content (AvgIpc) is 1.38. The van der Waals surface area contributed by atoms with E-state index in [1.807, 2.05) is 0 Å². The first kappa shape index (κ1) is 15.7. The molecule has 0 fully saturated rings. The molecule has 0 spiro atoms. The van der Waals surface area contributed by atoms with Gasteiger partial charge in [0.25, 0.3) is 0 Å². The summed E-state index contributed by atoms with van der Waals surface area (Å²) in [4.78, 5) is 10.9. The molecule has 0 bridgehead atoms. The Labute approximate surface area is 83.4 Å². The summed E-state index contributed by atoms with van der Waals surface area (Å²) in [5, 5.41) is 0. The van der Waals surface area contributed by atoms with Gasteiger partial charge in [-0.3, -0.25) is 4.79 Å². The molecule has 0 rings (SSSR count). The molecule has 0 unspecified atom stereocenters. The summed E-state index contributed by atoms with van der Waals surface area (Å²) in [5.41, 5.74) is 0. The Morgan fingerprint density at radius 2 is 1.57 bits per heavy atom. The van der Waals surface area contributed by atoms with Crippen LogP contribution in [0.15, 0.2) is 0 Å². The Morgan fingerprint density at radius 3 is 1.57 bits per heavy atom. The molecule has 0 aromatic rings. The zero-order chi connectivity index (χ0) is 4.28. The van der Waals surface area contributed by atoms with Crippen molar-refractivity contribution in [2.75, 3.05) is 14.1 Å². The molecule has 3 nitrogen and oxygen atoms in total. The Balaban J connectivity index is -0.0000000800. The van der Waals surface area contributed by atoms with Gasteiger partial charge in [-0.1, -0.05) is 0 Å². The summed E-state index contributed by atoms with van der Waals surface area (Å²) in [6, 6.07) is 0. The van der Waals surface area contributed by atoms with Gasteiger partial charge < -0.3 is 10.4 Å². The Kier molecular flexibility index (Phi) is 22.6. The fourth-order valence-electron chi connectivity index (χ4n) is 0. The van der Waals surface area contributed by atoms with E-state index in [1.165, 1.54) is 4.90 Å². The average molecular weight is 230 g/mol. The van der Waals surface area contributed by atoms with Gasteiger partial charge in [0.1, 0.15) is 0 Å². The van der Waals surface area contributed by atoms with Crippen molar-refractivity contribution < 1.29 is 10.3 Å². The van der Waals surface area contributed by atoms with Crippen LogP contribution in [-0.2, 0) is 4.79 Å². The summed E-state index contributed by atoms with van der Waals surface area (Å²) >= 11 is 0. The molecule has 0 aliphatic rings. The van der Waals surface area contributed by atoms with E-state index in [4.69, 9.17) is 0 Å². The number of hydrogen-bond acceptors (Lipinski definition) is 1. The number of amides is 1.